The van der Waals surface area contributed by atoms with E-state index in [2.05, 4.69) is 10.3 Å². The number of pyridine rings is 1. The van der Waals surface area contributed by atoms with Crippen LogP contribution in [0.1, 0.15) is 30.3 Å². The van der Waals surface area contributed by atoms with Gasteiger partial charge in [-0.3, -0.25) is 4.79 Å². The molecule has 0 aliphatic carbocycles. The molecule has 0 fully saturated rings. The van der Waals surface area contributed by atoms with Crippen LogP contribution in [0.2, 0.25) is 15.1 Å². The minimum atomic E-state index is -0.443. The van der Waals surface area contributed by atoms with Crippen molar-refractivity contribution >= 4 is 40.7 Å². The molecule has 0 aliphatic heterocycles. The topological polar surface area (TPSA) is 62.2 Å². The first-order chi connectivity index (χ1) is 8.47. The lowest BCUT2D eigenvalue weighted by atomic mass is 10.2. The predicted octanol–water partition coefficient (Wildman–Crippen LogP) is 2.93. The molecule has 0 spiro atoms. The molecule has 4 nitrogen and oxygen atoms in total. The van der Waals surface area contributed by atoms with Gasteiger partial charge in [-0.1, -0.05) is 41.7 Å². The molecule has 1 amide bonds. The van der Waals surface area contributed by atoms with E-state index in [-0.39, 0.29) is 20.8 Å². The fourth-order valence-electron chi connectivity index (χ4n) is 1.24. The maximum Gasteiger partial charge on any atom is 0.271 e. The van der Waals surface area contributed by atoms with Crippen LogP contribution in [0, 0.1) is 0 Å². The normalized spacial score (nSPS) is 12.3. The van der Waals surface area contributed by atoms with E-state index in [0.29, 0.717) is 19.4 Å². The van der Waals surface area contributed by atoms with Gasteiger partial charge in [0.25, 0.3) is 5.91 Å². The molecule has 18 heavy (non-hydrogen) atoms. The van der Waals surface area contributed by atoms with Crippen molar-refractivity contribution in [2.24, 2.45) is 0 Å². The third-order valence-corrected chi connectivity index (χ3v) is 3.61. The quantitative estimate of drug-likeness (QED) is 0.879. The summed E-state index contributed by atoms with van der Waals surface area (Å²) in [6.07, 6.45) is 1.96. The highest BCUT2D eigenvalue weighted by atomic mass is 35.5. The van der Waals surface area contributed by atoms with Crippen LogP contribution in [0.5, 0.6) is 0 Å². The fourth-order valence-corrected chi connectivity index (χ4v) is 1.81. The number of nitrogens with one attached hydrogen (secondary N) is 1. The molecule has 7 heteroatoms. The van der Waals surface area contributed by atoms with Gasteiger partial charge >= 0.3 is 0 Å². The Bertz CT molecular complexity index is 441. The summed E-state index contributed by atoms with van der Waals surface area (Å²) in [5.74, 6) is -0.443. The van der Waals surface area contributed by atoms with Crippen LogP contribution in [-0.2, 0) is 0 Å². The fraction of sp³-hybridized carbons (Fsp3) is 0.455. The molecule has 1 heterocycles. The minimum absolute atomic E-state index is 0.0251. The summed E-state index contributed by atoms with van der Waals surface area (Å²) in [7, 11) is 0. The van der Waals surface area contributed by atoms with Crippen LogP contribution in [0.25, 0.3) is 0 Å². The van der Waals surface area contributed by atoms with Gasteiger partial charge in [0.1, 0.15) is 5.69 Å². The molecule has 0 bridgehead atoms. The first-order valence-corrected chi connectivity index (χ1v) is 6.56. The van der Waals surface area contributed by atoms with Crippen LogP contribution in [0.3, 0.4) is 0 Å². The summed E-state index contributed by atoms with van der Waals surface area (Å²) < 4.78 is 0. The number of hydrogen-bond donors (Lipinski definition) is 2. The standard InChI is InChI=1S/C11H13Cl3N2O2/c1-2-6(17)3-4-15-11(18)10-9(14)8(13)7(12)5-16-10/h5-6,17H,2-4H2,1H3,(H,15,18). The zero-order valence-electron chi connectivity index (χ0n) is 9.71. The van der Waals surface area contributed by atoms with Gasteiger partial charge in [-0.05, 0) is 12.8 Å². The largest absolute Gasteiger partial charge is 0.393 e. The number of hydrogen-bond acceptors (Lipinski definition) is 3. The summed E-state index contributed by atoms with van der Waals surface area (Å²) in [6.45, 7) is 2.20. The van der Waals surface area contributed by atoms with E-state index in [0.717, 1.165) is 0 Å². The van der Waals surface area contributed by atoms with Gasteiger partial charge < -0.3 is 10.4 Å². The van der Waals surface area contributed by atoms with E-state index < -0.39 is 12.0 Å². The van der Waals surface area contributed by atoms with Crippen molar-refractivity contribution < 1.29 is 9.90 Å². The molecule has 0 saturated carbocycles. The number of nitrogens with zero attached hydrogens (tertiary/aromatic N) is 1. The van der Waals surface area contributed by atoms with E-state index >= 15 is 0 Å². The Morgan fingerprint density at radius 1 is 1.44 bits per heavy atom. The smallest absolute Gasteiger partial charge is 0.271 e. The number of amides is 1. The minimum Gasteiger partial charge on any atom is -0.393 e. The number of carbonyl (C=O) groups is 1. The molecule has 0 radical (unpaired) electrons. The second-order valence-corrected chi connectivity index (χ2v) is 4.85. The van der Waals surface area contributed by atoms with Gasteiger partial charge in [-0.2, -0.15) is 0 Å². The highest BCUT2D eigenvalue weighted by Crippen LogP contribution is 2.30. The molecule has 2 N–H and O–H groups in total. The van der Waals surface area contributed by atoms with Crippen molar-refractivity contribution in [1.82, 2.24) is 10.3 Å². The highest BCUT2D eigenvalue weighted by molar-refractivity contribution is 6.48. The van der Waals surface area contributed by atoms with Gasteiger partial charge in [0.2, 0.25) is 0 Å². The van der Waals surface area contributed by atoms with Crippen LogP contribution in [0.4, 0.5) is 0 Å². The van der Waals surface area contributed by atoms with E-state index in [1.54, 1.807) is 0 Å². The van der Waals surface area contributed by atoms with Gasteiger partial charge in [-0.15, -0.1) is 0 Å². The highest BCUT2D eigenvalue weighted by Gasteiger charge is 2.16. The van der Waals surface area contributed by atoms with E-state index in [4.69, 9.17) is 34.8 Å². The molecule has 0 saturated heterocycles. The summed E-state index contributed by atoms with van der Waals surface area (Å²) in [5, 5.41) is 12.3. The SMILES string of the molecule is CCC(O)CCNC(=O)c1ncc(Cl)c(Cl)c1Cl. The van der Waals surface area contributed by atoms with Crippen molar-refractivity contribution in [3.8, 4) is 0 Å². The summed E-state index contributed by atoms with van der Waals surface area (Å²) in [4.78, 5) is 15.6. The molecule has 1 atom stereocenters. The van der Waals surface area contributed by atoms with Crippen molar-refractivity contribution in [2.45, 2.75) is 25.9 Å². The molecular weight excluding hydrogens is 298 g/mol. The molecule has 0 aromatic carbocycles. The molecule has 1 rings (SSSR count). The molecule has 1 aromatic heterocycles. The maximum atomic E-state index is 11.8. The van der Waals surface area contributed by atoms with Crippen molar-refractivity contribution in [1.29, 1.82) is 0 Å². The third-order valence-electron chi connectivity index (χ3n) is 2.37. The number of halogens is 3. The van der Waals surface area contributed by atoms with Crippen LogP contribution in [-0.4, -0.2) is 28.6 Å². The van der Waals surface area contributed by atoms with Gasteiger partial charge in [0.05, 0.1) is 21.2 Å². The second kappa shape index (κ2) is 7.14. The number of aliphatic hydroxyl groups excluding tert-OH is 1. The monoisotopic (exact) mass is 310 g/mol. The molecule has 1 aromatic rings. The van der Waals surface area contributed by atoms with Gasteiger partial charge in [-0.25, -0.2) is 4.98 Å². The molecular formula is C11H13Cl3N2O2. The molecule has 100 valence electrons. The Labute approximate surface area is 120 Å². The Balaban J connectivity index is 2.65. The Kier molecular flexibility index (Phi) is 6.15. The van der Waals surface area contributed by atoms with Crippen molar-refractivity contribution in [2.75, 3.05) is 6.54 Å². The zero-order valence-corrected chi connectivity index (χ0v) is 12.0. The van der Waals surface area contributed by atoms with Crippen molar-refractivity contribution in [3.63, 3.8) is 0 Å². The molecule has 0 aliphatic rings. The van der Waals surface area contributed by atoms with Gasteiger partial charge in [0, 0.05) is 12.7 Å². The maximum absolute atomic E-state index is 11.8. The van der Waals surface area contributed by atoms with Crippen molar-refractivity contribution in [3.05, 3.63) is 27.0 Å². The van der Waals surface area contributed by atoms with Crippen LogP contribution < -0.4 is 5.32 Å². The first-order valence-electron chi connectivity index (χ1n) is 5.43. The summed E-state index contributed by atoms with van der Waals surface area (Å²) >= 11 is 17.4. The lowest BCUT2D eigenvalue weighted by Gasteiger charge is -2.09. The first kappa shape index (κ1) is 15.5. The Morgan fingerprint density at radius 2 is 2.11 bits per heavy atom. The Morgan fingerprint density at radius 3 is 2.72 bits per heavy atom. The predicted molar refractivity (Wildman–Crippen MR) is 72.5 cm³/mol. The van der Waals surface area contributed by atoms with Gasteiger partial charge in [0.15, 0.2) is 0 Å². The average molecular weight is 312 g/mol. The lowest BCUT2D eigenvalue weighted by molar-refractivity contribution is 0.0937. The lowest BCUT2D eigenvalue weighted by Crippen LogP contribution is -2.28. The second-order valence-electron chi connectivity index (χ2n) is 3.69. The number of aromatic nitrogens is 1. The third kappa shape index (κ3) is 3.99. The van der Waals surface area contributed by atoms with Crippen LogP contribution in [0.15, 0.2) is 6.20 Å². The van der Waals surface area contributed by atoms with E-state index in [1.165, 1.54) is 6.20 Å². The van der Waals surface area contributed by atoms with E-state index in [1.807, 2.05) is 6.92 Å². The number of aliphatic hydroxyl groups is 1. The number of carbonyl (C=O) groups excluding carboxylic acids is 1. The Hall–Kier alpha value is -0.550. The average Bonchev–Trinajstić information content (AvgIpc) is 2.35. The van der Waals surface area contributed by atoms with E-state index in [9.17, 15) is 9.90 Å². The summed E-state index contributed by atoms with van der Waals surface area (Å²) in [6, 6.07) is 0. The summed E-state index contributed by atoms with van der Waals surface area (Å²) in [5.41, 5.74) is 0.0251. The van der Waals surface area contributed by atoms with Crippen LogP contribution >= 0.6 is 34.8 Å². The molecule has 1 unspecified atom stereocenters. The zero-order chi connectivity index (χ0) is 13.7. The number of rotatable bonds is 5.